The summed E-state index contributed by atoms with van der Waals surface area (Å²) in [5.74, 6) is -3.39. The molecule has 0 aromatic rings. The summed E-state index contributed by atoms with van der Waals surface area (Å²) in [6.07, 6.45) is 2.19. The highest BCUT2D eigenvalue weighted by molar-refractivity contribution is 6.28. The monoisotopic (exact) mass is 211 g/mol. The Labute approximate surface area is 85.6 Å². The molecule has 1 heterocycles. The van der Waals surface area contributed by atoms with E-state index >= 15 is 0 Å². The summed E-state index contributed by atoms with van der Waals surface area (Å²) in [6.45, 7) is 0. The van der Waals surface area contributed by atoms with E-state index < -0.39 is 23.6 Å². The van der Waals surface area contributed by atoms with Crippen molar-refractivity contribution in [2.45, 2.75) is 0 Å². The number of aliphatic imine (C=N–C) groups is 1. The van der Waals surface area contributed by atoms with Gasteiger partial charge in [-0.1, -0.05) is 0 Å². The van der Waals surface area contributed by atoms with E-state index in [1.165, 1.54) is 0 Å². The quantitative estimate of drug-likeness (QED) is 0.349. The normalized spacial score (nSPS) is 19.5. The third-order valence-electron chi connectivity index (χ3n) is 1.85. The van der Waals surface area contributed by atoms with E-state index in [4.69, 9.17) is 0 Å². The lowest BCUT2D eigenvalue weighted by Crippen LogP contribution is -2.32. The first-order valence-electron chi connectivity index (χ1n) is 4.05. The van der Waals surface area contributed by atoms with E-state index in [-0.39, 0.29) is 5.57 Å². The van der Waals surface area contributed by atoms with Crippen LogP contribution >= 0.6 is 0 Å². The fourth-order valence-electron chi connectivity index (χ4n) is 1.06. The van der Waals surface area contributed by atoms with E-state index in [0.717, 1.165) is 26.6 Å². The largest absolute Gasteiger partial charge is 0.468 e. The van der Waals surface area contributed by atoms with Crippen LogP contribution in [0.5, 0.6) is 0 Å². The third-order valence-corrected chi connectivity index (χ3v) is 1.85. The average molecular weight is 211 g/mol. The number of hydrogen-bond donors (Lipinski definition) is 0. The topological polar surface area (TPSA) is 82.0 Å². The van der Waals surface area contributed by atoms with Crippen LogP contribution < -0.4 is 0 Å². The summed E-state index contributed by atoms with van der Waals surface area (Å²) >= 11 is 0. The minimum atomic E-state index is -1.16. The maximum Gasteiger partial charge on any atom is 0.343 e. The van der Waals surface area contributed by atoms with Crippen LogP contribution in [0.3, 0.4) is 0 Å². The molecule has 0 aromatic carbocycles. The standard InChI is InChI=1S/C9H9NO5/c1-14-8(12)5-3-10-4-6(7(5)11)9(13)15-2/h3-5H,1-2H3. The Bertz CT molecular complexity index is 369. The molecule has 0 fully saturated rings. The molecule has 0 spiro atoms. The highest BCUT2D eigenvalue weighted by atomic mass is 16.5. The molecule has 0 amide bonds. The van der Waals surface area contributed by atoms with Crippen molar-refractivity contribution in [2.75, 3.05) is 14.2 Å². The smallest absolute Gasteiger partial charge is 0.343 e. The van der Waals surface area contributed by atoms with Crippen LogP contribution in [0.2, 0.25) is 0 Å². The Balaban J connectivity index is 2.93. The van der Waals surface area contributed by atoms with Gasteiger partial charge in [-0.05, 0) is 0 Å². The van der Waals surface area contributed by atoms with Crippen molar-refractivity contribution in [3.63, 3.8) is 0 Å². The number of nitrogens with zero attached hydrogens (tertiary/aromatic N) is 1. The third kappa shape index (κ3) is 2.09. The highest BCUT2D eigenvalue weighted by Gasteiger charge is 2.34. The molecule has 1 unspecified atom stereocenters. The molecule has 0 saturated heterocycles. The second kappa shape index (κ2) is 4.50. The zero-order valence-corrected chi connectivity index (χ0v) is 8.22. The number of methoxy groups -OCH3 is 2. The van der Waals surface area contributed by atoms with Gasteiger partial charge in [0.2, 0.25) is 0 Å². The second-order valence-corrected chi connectivity index (χ2v) is 2.70. The van der Waals surface area contributed by atoms with Crippen molar-refractivity contribution in [3.05, 3.63) is 11.8 Å². The Kier molecular flexibility index (Phi) is 3.33. The number of carbonyl (C=O) groups is 3. The van der Waals surface area contributed by atoms with Crippen LogP contribution in [0.15, 0.2) is 16.8 Å². The predicted molar refractivity (Wildman–Crippen MR) is 49.1 cm³/mol. The van der Waals surface area contributed by atoms with Crippen LogP contribution in [0.4, 0.5) is 0 Å². The first kappa shape index (κ1) is 11.1. The summed E-state index contributed by atoms with van der Waals surface area (Å²) in [7, 11) is 2.29. The van der Waals surface area contributed by atoms with Crippen molar-refractivity contribution < 1.29 is 23.9 Å². The Hall–Kier alpha value is -1.98. The van der Waals surface area contributed by atoms with Gasteiger partial charge in [-0.25, -0.2) is 4.79 Å². The van der Waals surface area contributed by atoms with Crippen molar-refractivity contribution in [1.29, 1.82) is 0 Å². The number of Topliss-reactive ketones (excluding diaryl/α,β-unsaturated/α-hetero) is 1. The molecule has 6 nitrogen and oxygen atoms in total. The summed E-state index contributed by atoms with van der Waals surface area (Å²) in [5, 5.41) is 0. The average Bonchev–Trinajstić information content (AvgIpc) is 2.27. The van der Waals surface area contributed by atoms with Gasteiger partial charge < -0.3 is 9.47 Å². The van der Waals surface area contributed by atoms with Crippen LogP contribution in [0.25, 0.3) is 0 Å². The fraction of sp³-hybridized carbons (Fsp3) is 0.333. The maximum absolute atomic E-state index is 11.6. The molecule has 1 rings (SSSR count). The summed E-state index contributed by atoms with van der Waals surface area (Å²) in [5.41, 5.74) is -0.254. The summed E-state index contributed by atoms with van der Waals surface area (Å²) in [6, 6.07) is 0. The van der Waals surface area contributed by atoms with Gasteiger partial charge in [0.05, 0.1) is 14.2 Å². The predicted octanol–water partition coefficient (Wildman–Crippen LogP) is -0.514. The van der Waals surface area contributed by atoms with Gasteiger partial charge in [0.15, 0.2) is 11.7 Å². The Morgan fingerprint density at radius 3 is 2.53 bits per heavy atom. The molecule has 1 aliphatic heterocycles. The molecule has 1 atom stereocenters. The molecular weight excluding hydrogens is 202 g/mol. The number of hydrogen-bond acceptors (Lipinski definition) is 6. The number of esters is 2. The van der Waals surface area contributed by atoms with E-state index in [2.05, 4.69) is 14.5 Å². The molecule has 0 N–H and O–H groups in total. The van der Waals surface area contributed by atoms with Crippen molar-refractivity contribution in [1.82, 2.24) is 0 Å². The van der Waals surface area contributed by atoms with Crippen molar-refractivity contribution in [3.8, 4) is 0 Å². The zero-order chi connectivity index (χ0) is 11.4. The molecular formula is C9H9NO5. The lowest BCUT2D eigenvalue weighted by molar-refractivity contribution is -0.146. The molecule has 0 bridgehead atoms. The Morgan fingerprint density at radius 2 is 2.00 bits per heavy atom. The van der Waals surface area contributed by atoms with Gasteiger partial charge in [-0.3, -0.25) is 14.6 Å². The first-order valence-corrected chi connectivity index (χ1v) is 4.05. The van der Waals surface area contributed by atoms with Crippen LogP contribution in [-0.2, 0) is 23.9 Å². The fourth-order valence-corrected chi connectivity index (χ4v) is 1.06. The van der Waals surface area contributed by atoms with Gasteiger partial charge >= 0.3 is 11.9 Å². The molecule has 15 heavy (non-hydrogen) atoms. The molecule has 1 aliphatic rings. The lowest BCUT2D eigenvalue weighted by atomic mass is 9.97. The highest BCUT2D eigenvalue weighted by Crippen LogP contribution is 2.13. The molecule has 0 saturated carbocycles. The van der Waals surface area contributed by atoms with Gasteiger partial charge in [-0.2, -0.15) is 0 Å². The molecule has 0 aliphatic carbocycles. The van der Waals surface area contributed by atoms with E-state index in [0.29, 0.717) is 0 Å². The summed E-state index contributed by atoms with van der Waals surface area (Å²) in [4.78, 5) is 37.4. The number of ether oxygens (including phenoxy) is 2. The molecule has 0 radical (unpaired) electrons. The second-order valence-electron chi connectivity index (χ2n) is 2.70. The number of carbonyl (C=O) groups excluding carboxylic acids is 3. The van der Waals surface area contributed by atoms with Gasteiger partial charge in [0.1, 0.15) is 5.57 Å². The van der Waals surface area contributed by atoms with E-state index in [9.17, 15) is 14.4 Å². The maximum atomic E-state index is 11.6. The van der Waals surface area contributed by atoms with Gasteiger partial charge in [-0.15, -0.1) is 0 Å². The van der Waals surface area contributed by atoms with E-state index in [1.807, 2.05) is 0 Å². The zero-order valence-electron chi connectivity index (χ0n) is 8.22. The number of rotatable bonds is 2. The lowest BCUT2D eigenvalue weighted by Gasteiger charge is -2.12. The summed E-state index contributed by atoms with van der Waals surface area (Å²) < 4.78 is 8.76. The minimum Gasteiger partial charge on any atom is -0.468 e. The molecule has 6 heteroatoms. The van der Waals surface area contributed by atoms with Crippen molar-refractivity contribution in [2.24, 2.45) is 10.9 Å². The SMILES string of the molecule is COC(=O)C1=CN=CC(C(=O)OC)C1=O. The van der Waals surface area contributed by atoms with Gasteiger partial charge in [0, 0.05) is 12.4 Å². The number of ketones is 1. The first-order chi connectivity index (χ1) is 7.11. The van der Waals surface area contributed by atoms with Crippen LogP contribution in [0, 0.1) is 5.92 Å². The molecule has 80 valence electrons. The minimum absolute atomic E-state index is 0.254. The van der Waals surface area contributed by atoms with Crippen LogP contribution in [0.1, 0.15) is 0 Å². The van der Waals surface area contributed by atoms with Crippen molar-refractivity contribution >= 4 is 23.9 Å². The van der Waals surface area contributed by atoms with E-state index in [1.54, 1.807) is 0 Å². The molecule has 0 aromatic heterocycles. The van der Waals surface area contributed by atoms with Gasteiger partial charge in [0.25, 0.3) is 0 Å². The van der Waals surface area contributed by atoms with Crippen LogP contribution in [-0.4, -0.2) is 38.2 Å². The Morgan fingerprint density at radius 1 is 1.33 bits per heavy atom.